The lowest BCUT2D eigenvalue weighted by molar-refractivity contribution is -0.384. The molecule has 11 heteroatoms. The standard InChI is InChI=1S/C17H19N3O6S2/c1-26-15-7-6-13(20(22)23)10-14(15)18-17(21)12-4-2-8-19(11-12)28(24,25)16-5-3-9-27-16/h3,5-7,9-10,12H,2,4,8,11H2,1H3,(H,18,21)/t12-/m1/s1. The zero-order chi connectivity index (χ0) is 20.3. The van der Waals surface area contributed by atoms with Crippen molar-refractivity contribution in [1.29, 1.82) is 0 Å². The molecular weight excluding hydrogens is 406 g/mol. The van der Waals surface area contributed by atoms with Crippen LogP contribution >= 0.6 is 11.3 Å². The van der Waals surface area contributed by atoms with Gasteiger partial charge in [-0.1, -0.05) is 6.07 Å². The summed E-state index contributed by atoms with van der Waals surface area (Å²) < 4.78 is 32.1. The number of sulfonamides is 1. The van der Waals surface area contributed by atoms with Crippen LogP contribution in [0, 0.1) is 16.0 Å². The van der Waals surface area contributed by atoms with E-state index in [1.54, 1.807) is 11.4 Å². The number of nitrogens with one attached hydrogen (secondary N) is 1. The molecule has 1 aromatic heterocycles. The second kappa shape index (κ2) is 8.25. The molecule has 2 aromatic rings. The number of carbonyl (C=O) groups is 1. The summed E-state index contributed by atoms with van der Waals surface area (Å²) in [5.41, 5.74) is 0.00146. The van der Waals surface area contributed by atoms with Gasteiger partial charge in [0.2, 0.25) is 5.91 Å². The monoisotopic (exact) mass is 425 g/mol. The summed E-state index contributed by atoms with van der Waals surface area (Å²) in [5.74, 6) is -0.671. The highest BCUT2D eigenvalue weighted by atomic mass is 32.2. The van der Waals surface area contributed by atoms with E-state index in [1.807, 2.05) is 0 Å². The predicted octanol–water partition coefficient (Wildman–Crippen LogP) is 2.70. The van der Waals surface area contributed by atoms with Crippen LogP contribution in [0.2, 0.25) is 0 Å². The predicted molar refractivity (Wildman–Crippen MR) is 104 cm³/mol. The Morgan fingerprint density at radius 1 is 1.39 bits per heavy atom. The van der Waals surface area contributed by atoms with Crippen LogP contribution in [0.1, 0.15) is 12.8 Å². The topological polar surface area (TPSA) is 119 Å². The number of hydrogen-bond donors (Lipinski definition) is 1. The highest BCUT2D eigenvalue weighted by molar-refractivity contribution is 7.91. The maximum absolute atomic E-state index is 12.7. The third-order valence-electron chi connectivity index (χ3n) is 4.50. The average molecular weight is 425 g/mol. The third kappa shape index (κ3) is 4.16. The Morgan fingerprint density at radius 2 is 2.18 bits per heavy atom. The summed E-state index contributed by atoms with van der Waals surface area (Å²) >= 11 is 1.13. The molecule has 0 unspecified atom stereocenters. The van der Waals surface area contributed by atoms with Crippen molar-refractivity contribution in [3.05, 3.63) is 45.8 Å². The van der Waals surface area contributed by atoms with Gasteiger partial charge in [0.15, 0.2) is 0 Å². The van der Waals surface area contributed by atoms with Gasteiger partial charge < -0.3 is 10.1 Å². The molecule has 0 bridgehead atoms. The second-order valence-electron chi connectivity index (χ2n) is 6.27. The fourth-order valence-electron chi connectivity index (χ4n) is 3.05. The number of nitro groups is 1. The van der Waals surface area contributed by atoms with Crippen molar-refractivity contribution in [3.63, 3.8) is 0 Å². The van der Waals surface area contributed by atoms with E-state index in [2.05, 4.69) is 5.32 Å². The molecule has 150 valence electrons. The van der Waals surface area contributed by atoms with Gasteiger partial charge in [0.25, 0.3) is 15.7 Å². The maximum atomic E-state index is 12.7. The quantitative estimate of drug-likeness (QED) is 0.561. The van der Waals surface area contributed by atoms with Gasteiger partial charge in [-0.25, -0.2) is 8.42 Å². The number of benzene rings is 1. The van der Waals surface area contributed by atoms with Crippen molar-refractivity contribution in [2.45, 2.75) is 17.1 Å². The minimum atomic E-state index is -3.63. The molecule has 0 aliphatic carbocycles. The van der Waals surface area contributed by atoms with Gasteiger partial charge in [-0.3, -0.25) is 14.9 Å². The minimum Gasteiger partial charge on any atom is -0.495 e. The zero-order valence-corrected chi connectivity index (χ0v) is 16.7. The Bertz CT molecular complexity index is 975. The number of piperidine rings is 1. The molecule has 28 heavy (non-hydrogen) atoms. The van der Waals surface area contributed by atoms with Gasteiger partial charge in [-0.15, -0.1) is 11.3 Å². The van der Waals surface area contributed by atoms with Crippen LogP contribution < -0.4 is 10.1 Å². The number of carbonyl (C=O) groups excluding carboxylic acids is 1. The Balaban J connectivity index is 1.76. The van der Waals surface area contributed by atoms with Crippen LogP contribution in [0.5, 0.6) is 5.75 Å². The molecule has 1 aromatic carbocycles. The third-order valence-corrected chi connectivity index (χ3v) is 7.73. The molecule has 2 heterocycles. The summed E-state index contributed by atoms with van der Waals surface area (Å²) in [6.07, 6.45) is 1.08. The first-order valence-corrected chi connectivity index (χ1v) is 10.8. The molecule has 1 aliphatic rings. The number of ether oxygens (including phenoxy) is 1. The largest absolute Gasteiger partial charge is 0.495 e. The molecule has 1 atom stereocenters. The maximum Gasteiger partial charge on any atom is 0.271 e. The van der Waals surface area contributed by atoms with Crippen molar-refractivity contribution in [3.8, 4) is 5.75 Å². The number of amides is 1. The fourth-order valence-corrected chi connectivity index (χ4v) is 5.72. The Hall–Kier alpha value is -2.50. The number of rotatable bonds is 6. The van der Waals surface area contributed by atoms with Gasteiger partial charge in [0, 0.05) is 25.2 Å². The summed E-state index contributed by atoms with van der Waals surface area (Å²) in [7, 11) is -2.24. The number of hydrogen-bond acceptors (Lipinski definition) is 7. The molecule has 0 spiro atoms. The van der Waals surface area contributed by atoms with Gasteiger partial charge in [-0.2, -0.15) is 4.31 Å². The second-order valence-corrected chi connectivity index (χ2v) is 9.38. The average Bonchev–Trinajstić information content (AvgIpc) is 3.23. The van der Waals surface area contributed by atoms with Crippen LogP contribution in [0.15, 0.2) is 39.9 Å². The minimum absolute atomic E-state index is 0.0588. The van der Waals surface area contributed by atoms with Crippen LogP contribution in [0.25, 0.3) is 0 Å². The molecule has 1 aliphatic heterocycles. The van der Waals surface area contributed by atoms with Crippen LogP contribution in [0.3, 0.4) is 0 Å². The number of nitrogens with zero attached hydrogens (tertiary/aromatic N) is 2. The molecule has 3 rings (SSSR count). The SMILES string of the molecule is COc1ccc([N+](=O)[O-])cc1NC(=O)[C@@H]1CCCN(S(=O)(=O)c2cccs2)C1. The summed E-state index contributed by atoms with van der Waals surface area (Å²) in [6.45, 7) is 0.410. The molecule has 9 nitrogen and oxygen atoms in total. The number of methoxy groups -OCH3 is 1. The summed E-state index contributed by atoms with van der Waals surface area (Å²) in [4.78, 5) is 23.1. The van der Waals surface area contributed by atoms with Crippen molar-refractivity contribution in [2.75, 3.05) is 25.5 Å². The van der Waals surface area contributed by atoms with Gasteiger partial charge in [-0.05, 0) is 30.4 Å². The fraction of sp³-hybridized carbons (Fsp3) is 0.353. The lowest BCUT2D eigenvalue weighted by Gasteiger charge is -2.30. The van der Waals surface area contributed by atoms with Gasteiger partial charge in [0.05, 0.1) is 23.6 Å². The number of anilines is 1. The van der Waals surface area contributed by atoms with E-state index in [0.717, 1.165) is 11.3 Å². The number of thiophene rings is 1. The van der Waals surface area contributed by atoms with E-state index in [9.17, 15) is 23.3 Å². The molecule has 1 fully saturated rings. The summed E-state index contributed by atoms with van der Waals surface area (Å²) in [6, 6.07) is 7.12. The van der Waals surface area contributed by atoms with Crippen molar-refractivity contribution < 1.29 is 22.9 Å². The Kier molecular flexibility index (Phi) is 5.96. The molecule has 1 N–H and O–H groups in total. The van der Waals surface area contributed by atoms with E-state index in [1.165, 1.54) is 35.7 Å². The Labute approximate surface area is 166 Å². The van der Waals surface area contributed by atoms with Gasteiger partial charge >= 0.3 is 0 Å². The van der Waals surface area contributed by atoms with Crippen LogP contribution in [-0.2, 0) is 14.8 Å². The first-order chi connectivity index (χ1) is 13.3. The normalized spacial score (nSPS) is 17.8. The van der Waals surface area contributed by atoms with Crippen molar-refractivity contribution in [2.24, 2.45) is 5.92 Å². The zero-order valence-electron chi connectivity index (χ0n) is 15.0. The first-order valence-electron chi connectivity index (χ1n) is 8.50. The van der Waals surface area contributed by atoms with E-state index >= 15 is 0 Å². The molecule has 0 radical (unpaired) electrons. The lowest BCUT2D eigenvalue weighted by Crippen LogP contribution is -2.43. The number of nitro benzene ring substituents is 1. The van der Waals surface area contributed by atoms with E-state index in [0.29, 0.717) is 19.4 Å². The highest BCUT2D eigenvalue weighted by Crippen LogP contribution is 2.31. The molecule has 1 amide bonds. The first kappa shape index (κ1) is 20.2. The lowest BCUT2D eigenvalue weighted by atomic mass is 9.98. The van der Waals surface area contributed by atoms with E-state index < -0.39 is 26.8 Å². The molecule has 0 saturated carbocycles. The summed E-state index contributed by atoms with van der Waals surface area (Å²) in [5, 5.41) is 15.3. The van der Waals surface area contributed by atoms with E-state index in [4.69, 9.17) is 4.74 Å². The van der Waals surface area contributed by atoms with E-state index in [-0.39, 0.29) is 27.9 Å². The smallest absolute Gasteiger partial charge is 0.271 e. The molecule has 1 saturated heterocycles. The van der Waals surface area contributed by atoms with Crippen LogP contribution in [-0.4, -0.2) is 43.8 Å². The van der Waals surface area contributed by atoms with Crippen molar-refractivity contribution >= 4 is 38.6 Å². The van der Waals surface area contributed by atoms with Crippen molar-refractivity contribution in [1.82, 2.24) is 4.31 Å². The Morgan fingerprint density at radius 3 is 2.82 bits per heavy atom. The van der Waals surface area contributed by atoms with Gasteiger partial charge in [0.1, 0.15) is 9.96 Å². The van der Waals surface area contributed by atoms with Crippen LogP contribution in [0.4, 0.5) is 11.4 Å². The number of non-ortho nitro benzene ring substituents is 1. The molecular formula is C17H19N3O6S2. The highest BCUT2D eigenvalue weighted by Gasteiger charge is 2.34.